The first kappa shape index (κ1) is 21.4. The Labute approximate surface area is 175 Å². The van der Waals surface area contributed by atoms with Crippen LogP contribution in [-0.4, -0.2) is 38.8 Å². The molecule has 8 heteroatoms. The molecule has 0 aliphatic carbocycles. The van der Waals surface area contributed by atoms with Gasteiger partial charge in [-0.15, -0.1) is 0 Å². The van der Waals surface area contributed by atoms with Gasteiger partial charge in [-0.1, -0.05) is 44.2 Å². The summed E-state index contributed by atoms with van der Waals surface area (Å²) in [6.07, 6.45) is 2.80. The SMILES string of the molecule is CC(C)C(NCCCNC(=O)O)c1nc2ccncc2c(=O)n1Cc1ccccc1. The van der Waals surface area contributed by atoms with Gasteiger partial charge in [-0.05, 0) is 30.5 Å². The quantitative estimate of drug-likeness (QED) is 0.469. The summed E-state index contributed by atoms with van der Waals surface area (Å²) in [5, 5.41) is 15.0. The van der Waals surface area contributed by atoms with Crippen LogP contribution in [0, 0.1) is 5.92 Å². The molecule has 1 amide bonds. The van der Waals surface area contributed by atoms with Crippen molar-refractivity contribution in [3.05, 3.63) is 70.5 Å². The van der Waals surface area contributed by atoms with E-state index in [4.69, 9.17) is 10.1 Å². The number of benzene rings is 1. The number of fused-ring (bicyclic) bond motifs is 1. The predicted molar refractivity (Wildman–Crippen MR) is 116 cm³/mol. The zero-order chi connectivity index (χ0) is 21.5. The number of hydrogen-bond donors (Lipinski definition) is 3. The molecule has 1 aromatic carbocycles. The number of hydrogen-bond acceptors (Lipinski definition) is 5. The zero-order valence-corrected chi connectivity index (χ0v) is 17.2. The van der Waals surface area contributed by atoms with Gasteiger partial charge in [0.05, 0.1) is 23.5 Å². The van der Waals surface area contributed by atoms with Gasteiger partial charge in [-0.25, -0.2) is 9.78 Å². The van der Waals surface area contributed by atoms with Gasteiger partial charge in [0.1, 0.15) is 5.82 Å². The summed E-state index contributed by atoms with van der Waals surface area (Å²) in [6.45, 7) is 5.52. The molecule has 0 fully saturated rings. The molecule has 1 atom stereocenters. The van der Waals surface area contributed by atoms with Crippen LogP contribution in [0.2, 0.25) is 0 Å². The average molecular weight is 409 g/mol. The van der Waals surface area contributed by atoms with Crippen molar-refractivity contribution in [2.24, 2.45) is 5.92 Å². The Morgan fingerprint density at radius 3 is 2.63 bits per heavy atom. The van der Waals surface area contributed by atoms with Crippen LogP contribution in [-0.2, 0) is 6.54 Å². The van der Waals surface area contributed by atoms with Gasteiger partial charge in [-0.3, -0.25) is 14.3 Å². The zero-order valence-electron chi connectivity index (χ0n) is 17.2. The highest BCUT2D eigenvalue weighted by molar-refractivity contribution is 5.76. The van der Waals surface area contributed by atoms with Gasteiger partial charge in [0.25, 0.3) is 5.56 Å². The molecule has 30 heavy (non-hydrogen) atoms. The minimum Gasteiger partial charge on any atom is -0.465 e. The van der Waals surface area contributed by atoms with E-state index in [-0.39, 0.29) is 17.5 Å². The lowest BCUT2D eigenvalue weighted by Crippen LogP contribution is -2.36. The van der Waals surface area contributed by atoms with E-state index in [1.807, 2.05) is 30.3 Å². The molecule has 158 valence electrons. The predicted octanol–water partition coefficient (Wildman–Crippen LogP) is 2.78. The maximum absolute atomic E-state index is 13.3. The summed E-state index contributed by atoms with van der Waals surface area (Å²) in [5.41, 5.74) is 1.51. The Morgan fingerprint density at radius 2 is 1.93 bits per heavy atom. The molecule has 0 saturated carbocycles. The maximum atomic E-state index is 13.3. The van der Waals surface area contributed by atoms with E-state index in [0.717, 1.165) is 5.56 Å². The van der Waals surface area contributed by atoms with Crippen LogP contribution in [0.1, 0.15) is 37.7 Å². The van der Waals surface area contributed by atoms with Crippen molar-refractivity contribution in [3.63, 3.8) is 0 Å². The van der Waals surface area contributed by atoms with Crippen LogP contribution in [0.25, 0.3) is 10.9 Å². The van der Waals surface area contributed by atoms with Gasteiger partial charge >= 0.3 is 6.09 Å². The Balaban J connectivity index is 1.97. The standard InChI is InChI=1S/C22H27N5O3/c1-15(2)19(24-10-6-11-25-22(29)30)20-26-18-9-12-23-13-17(18)21(28)27(20)14-16-7-4-3-5-8-16/h3-5,7-9,12-13,15,19,24-25H,6,10-11,14H2,1-2H3,(H,29,30). The summed E-state index contributed by atoms with van der Waals surface area (Å²) in [7, 11) is 0. The van der Waals surface area contributed by atoms with Crippen molar-refractivity contribution >= 4 is 17.0 Å². The summed E-state index contributed by atoms with van der Waals surface area (Å²) < 4.78 is 1.71. The first-order valence-electron chi connectivity index (χ1n) is 10.1. The number of amides is 1. The van der Waals surface area contributed by atoms with Crippen molar-refractivity contribution in [3.8, 4) is 0 Å². The first-order valence-corrected chi connectivity index (χ1v) is 10.1. The summed E-state index contributed by atoms with van der Waals surface area (Å²) in [4.78, 5) is 32.9. The van der Waals surface area contributed by atoms with Crippen molar-refractivity contribution in [1.82, 2.24) is 25.2 Å². The molecule has 3 rings (SSSR count). The molecular formula is C22H27N5O3. The molecule has 2 heterocycles. The van der Waals surface area contributed by atoms with E-state index in [1.54, 1.807) is 23.0 Å². The molecule has 0 aliphatic heterocycles. The fraction of sp³-hybridized carbons (Fsp3) is 0.364. The van der Waals surface area contributed by atoms with Crippen LogP contribution in [0.15, 0.2) is 53.6 Å². The number of aromatic nitrogens is 3. The highest BCUT2D eigenvalue weighted by Crippen LogP contribution is 2.22. The fourth-order valence-electron chi connectivity index (χ4n) is 3.41. The molecule has 0 spiro atoms. The van der Waals surface area contributed by atoms with Crippen LogP contribution in [0.5, 0.6) is 0 Å². The molecule has 1 unspecified atom stereocenters. The number of rotatable bonds is 9. The second kappa shape index (κ2) is 9.98. The number of nitrogens with one attached hydrogen (secondary N) is 2. The van der Waals surface area contributed by atoms with Crippen LogP contribution >= 0.6 is 0 Å². The van der Waals surface area contributed by atoms with Crippen LogP contribution < -0.4 is 16.2 Å². The van der Waals surface area contributed by atoms with Gasteiger partial charge in [-0.2, -0.15) is 0 Å². The fourth-order valence-corrected chi connectivity index (χ4v) is 3.41. The second-order valence-corrected chi connectivity index (χ2v) is 7.50. The molecule has 0 radical (unpaired) electrons. The van der Waals surface area contributed by atoms with Gasteiger partial charge < -0.3 is 15.7 Å². The molecule has 0 saturated heterocycles. The van der Waals surface area contributed by atoms with Crippen LogP contribution in [0.4, 0.5) is 4.79 Å². The third-order valence-electron chi connectivity index (χ3n) is 4.91. The molecule has 2 aromatic heterocycles. The third-order valence-corrected chi connectivity index (χ3v) is 4.91. The minimum absolute atomic E-state index is 0.119. The van der Waals surface area contributed by atoms with Crippen molar-refractivity contribution in [2.45, 2.75) is 32.9 Å². The van der Waals surface area contributed by atoms with E-state index in [2.05, 4.69) is 29.5 Å². The lowest BCUT2D eigenvalue weighted by atomic mass is 10.0. The van der Waals surface area contributed by atoms with Gasteiger partial charge in [0, 0.05) is 18.9 Å². The minimum atomic E-state index is -1.03. The molecular weight excluding hydrogens is 382 g/mol. The van der Waals surface area contributed by atoms with E-state index in [0.29, 0.717) is 42.8 Å². The van der Waals surface area contributed by atoms with E-state index < -0.39 is 6.09 Å². The van der Waals surface area contributed by atoms with Gasteiger partial charge in [0.2, 0.25) is 0 Å². The van der Waals surface area contributed by atoms with Gasteiger partial charge in [0.15, 0.2) is 0 Å². The maximum Gasteiger partial charge on any atom is 0.404 e. The number of nitrogens with zero attached hydrogens (tertiary/aromatic N) is 3. The highest BCUT2D eigenvalue weighted by Gasteiger charge is 2.23. The first-order chi connectivity index (χ1) is 14.5. The summed E-state index contributed by atoms with van der Waals surface area (Å²) in [6, 6.07) is 11.4. The topological polar surface area (TPSA) is 109 Å². The Hall–Kier alpha value is -3.26. The van der Waals surface area contributed by atoms with Crippen molar-refractivity contribution < 1.29 is 9.90 Å². The van der Waals surface area contributed by atoms with Crippen molar-refractivity contribution in [1.29, 1.82) is 0 Å². The monoisotopic (exact) mass is 409 g/mol. The largest absolute Gasteiger partial charge is 0.465 e. The smallest absolute Gasteiger partial charge is 0.404 e. The normalized spacial score (nSPS) is 12.2. The Kier molecular flexibility index (Phi) is 7.13. The summed E-state index contributed by atoms with van der Waals surface area (Å²) >= 11 is 0. The van der Waals surface area contributed by atoms with Crippen molar-refractivity contribution in [2.75, 3.05) is 13.1 Å². The van der Waals surface area contributed by atoms with E-state index >= 15 is 0 Å². The average Bonchev–Trinajstić information content (AvgIpc) is 2.73. The third kappa shape index (κ3) is 5.21. The molecule has 0 aliphatic rings. The highest BCUT2D eigenvalue weighted by atomic mass is 16.4. The number of carbonyl (C=O) groups is 1. The van der Waals surface area contributed by atoms with E-state index in [9.17, 15) is 9.59 Å². The lowest BCUT2D eigenvalue weighted by Gasteiger charge is -2.25. The lowest BCUT2D eigenvalue weighted by molar-refractivity contribution is 0.194. The number of pyridine rings is 1. The second-order valence-electron chi connectivity index (χ2n) is 7.50. The molecule has 3 N–H and O–H groups in total. The molecule has 0 bridgehead atoms. The molecule has 8 nitrogen and oxygen atoms in total. The van der Waals surface area contributed by atoms with E-state index in [1.165, 1.54) is 0 Å². The number of carboxylic acid groups (broad SMARTS) is 1. The summed E-state index contributed by atoms with van der Waals surface area (Å²) in [5.74, 6) is 0.842. The molecule has 3 aromatic rings. The van der Waals surface area contributed by atoms with Crippen LogP contribution in [0.3, 0.4) is 0 Å². The Bertz CT molecular complexity index is 1050. The Morgan fingerprint density at radius 1 is 1.17 bits per heavy atom.